The van der Waals surface area contributed by atoms with Gasteiger partial charge in [-0.1, -0.05) is 70.6 Å². The number of nitrogens with one attached hydrogen (secondary N) is 11. The van der Waals surface area contributed by atoms with E-state index in [0.717, 1.165) is 77.0 Å². The lowest BCUT2D eigenvalue weighted by Crippen LogP contribution is -2.54. The SMILES string of the molecule is CC(=O)N[C@H]1CCC[C@@H]1C(=O)N[C@H]1CCC[C@@H]1C(=O)N[C@H]1CCC[C@@H]1C(=O)N[C@H]1CCC[C@@H]1C(=O)N[C@H]1CCC[C@@H]1C(=O)N[C@H]1CCC[C@@H]1C(=O)N[C@H]1CCC[C@@H]1C(=O)N[C@H]1CCC[C@@H]1C(=O)N[C@H]1CCC[C@@H]1C(=O)N[C@H]1CCC[C@@H]1C(=O)N[C@H]1CCC[C@@H]1C(N)=O. The molecule has 13 N–H and O–H groups in total. The molecular formula is C68H104N12O12. The maximum Gasteiger partial charge on any atom is 0.225 e. The first-order valence-corrected chi connectivity index (χ1v) is 36.0. The summed E-state index contributed by atoms with van der Waals surface area (Å²) in [4.78, 5) is 163. The minimum atomic E-state index is -0.490. The van der Waals surface area contributed by atoms with Crippen LogP contribution in [0.2, 0.25) is 0 Å². The van der Waals surface area contributed by atoms with Crippen molar-refractivity contribution in [2.45, 2.75) is 285 Å². The highest BCUT2D eigenvalue weighted by Gasteiger charge is 2.48. The second-order valence-electron chi connectivity index (χ2n) is 29.8. The Morgan fingerprint density at radius 3 is 0.446 bits per heavy atom. The number of carbonyl (C=O) groups excluding carboxylic acids is 12. The number of nitrogens with two attached hydrogens (primary N) is 1. The fraction of sp³-hybridized carbons (Fsp3) is 0.824. The van der Waals surface area contributed by atoms with Crippen LogP contribution in [0.4, 0.5) is 0 Å². The lowest BCUT2D eigenvalue weighted by Gasteiger charge is -2.29. The highest BCUT2D eigenvalue weighted by Crippen LogP contribution is 2.38. The van der Waals surface area contributed by atoms with Gasteiger partial charge in [0.1, 0.15) is 0 Å². The third-order valence-corrected chi connectivity index (χ3v) is 24.1. The Balaban J connectivity index is 0.610. The highest BCUT2D eigenvalue weighted by atomic mass is 16.2. The van der Waals surface area contributed by atoms with Crippen LogP contribution >= 0.6 is 0 Å². The Labute approximate surface area is 540 Å². The van der Waals surface area contributed by atoms with Crippen LogP contribution in [0.15, 0.2) is 0 Å². The number of amides is 12. The van der Waals surface area contributed by atoms with Gasteiger partial charge < -0.3 is 64.2 Å². The molecule has 0 aliphatic heterocycles. The minimum Gasteiger partial charge on any atom is -0.369 e. The molecule has 0 saturated heterocycles. The van der Waals surface area contributed by atoms with Crippen molar-refractivity contribution < 1.29 is 57.5 Å². The molecule has 0 unspecified atom stereocenters. The van der Waals surface area contributed by atoms with Crippen LogP contribution in [0.25, 0.3) is 0 Å². The maximum absolute atomic E-state index is 14.2. The molecule has 11 aliphatic rings. The Morgan fingerprint density at radius 1 is 0.196 bits per heavy atom. The van der Waals surface area contributed by atoms with E-state index in [0.29, 0.717) is 135 Å². The van der Waals surface area contributed by atoms with E-state index >= 15 is 0 Å². The van der Waals surface area contributed by atoms with E-state index in [-0.39, 0.29) is 113 Å². The normalized spacial score (nSPS) is 38.1. The molecule has 0 aromatic carbocycles. The predicted octanol–water partition coefficient (Wildman–Crippen LogP) is 2.63. The van der Waals surface area contributed by atoms with Gasteiger partial charge in [0.05, 0.1) is 65.1 Å². The third kappa shape index (κ3) is 15.6. The number of rotatable bonds is 22. The van der Waals surface area contributed by atoms with E-state index in [4.69, 9.17) is 5.73 Å². The van der Waals surface area contributed by atoms with Crippen LogP contribution in [-0.4, -0.2) is 137 Å². The van der Waals surface area contributed by atoms with E-state index < -0.39 is 89.4 Å². The lowest BCUT2D eigenvalue weighted by molar-refractivity contribution is -0.133. The Kier molecular flexibility index (Phi) is 22.1. The molecule has 24 nitrogen and oxygen atoms in total. The molecule has 11 fully saturated rings. The van der Waals surface area contributed by atoms with Gasteiger partial charge in [-0.25, -0.2) is 0 Å². The van der Waals surface area contributed by atoms with Crippen molar-refractivity contribution in [2.75, 3.05) is 0 Å². The van der Waals surface area contributed by atoms with E-state index in [9.17, 15) is 57.5 Å². The molecule has 11 saturated carbocycles. The summed E-state index contributed by atoms with van der Waals surface area (Å²) in [5.41, 5.74) is 5.61. The molecule has 0 bridgehead atoms. The third-order valence-electron chi connectivity index (χ3n) is 24.1. The molecule has 0 spiro atoms. The molecule has 0 radical (unpaired) electrons. The molecule has 0 heterocycles. The summed E-state index contributed by atoms with van der Waals surface area (Å²) in [6.45, 7) is 1.45. The number of carbonyl (C=O) groups is 12. The first kappa shape index (κ1) is 67.1. The van der Waals surface area contributed by atoms with Crippen molar-refractivity contribution in [3.05, 3.63) is 0 Å². The summed E-state index contributed by atoms with van der Waals surface area (Å²) in [6.07, 6.45) is 22.5. The van der Waals surface area contributed by atoms with Crippen LogP contribution in [-0.2, 0) is 57.5 Å². The average molecular weight is 1280 g/mol. The van der Waals surface area contributed by atoms with Crippen molar-refractivity contribution in [3.8, 4) is 0 Å². The van der Waals surface area contributed by atoms with Gasteiger partial charge in [0.15, 0.2) is 0 Å². The van der Waals surface area contributed by atoms with E-state index in [1.54, 1.807) is 0 Å². The largest absolute Gasteiger partial charge is 0.369 e. The van der Waals surface area contributed by atoms with Crippen molar-refractivity contribution >= 4 is 70.9 Å². The van der Waals surface area contributed by atoms with Gasteiger partial charge in [-0.3, -0.25) is 57.5 Å². The molecule has 11 aliphatic carbocycles. The summed E-state index contributed by atoms with van der Waals surface area (Å²) in [5.74, 6) is -7.18. The zero-order chi connectivity index (χ0) is 64.7. The topological polar surface area (TPSA) is 363 Å². The van der Waals surface area contributed by atoms with Gasteiger partial charge in [-0.05, 0) is 141 Å². The van der Waals surface area contributed by atoms with Crippen LogP contribution in [0.1, 0.15) is 219 Å². The summed E-state index contributed by atoms with van der Waals surface area (Å²) in [5, 5.41) is 34.7. The summed E-state index contributed by atoms with van der Waals surface area (Å²) < 4.78 is 0. The lowest BCUT2D eigenvalue weighted by atomic mass is 9.95. The van der Waals surface area contributed by atoms with Gasteiger partial charge in [0.2, 0.25) is 70.9 Å². The van der Waals surface area contributed by atoms with E-state index in [1.165, 1.54) is 6.92 Å². The standard InChI is InChI=1S/C68H104N12O12/c1-35(81)70-48-25-3-14-37(48)59(83)72-50-27-5-16-39(50)61(85)74-52-29-7-18-41(52)63(87)76-54-31-9-20-43(54)65(89)78-56-33-11-22-45(56)67(91)80-57-34-12-23-46(57)68(92)79-55-32-10-21-44(55)66(90)77-53-30-8-19-42(53)64(88)75-51-28-6-17-40(51)62(86)73-49-26-4-15-38(49)60(84)71-47-24-2-13-36(47)58(69)82/h36-57H,2-34H2,1H3,(H2,69,82)(H,70,81)(H,71,84)(H,72,83)(H,73,86)(H,74,85)(H,75,88)(H,76,87)(H,77,90)(H,78,89)(H,79,92)(H,80,91)/t36-,37-,38-,39-,40-,41-,42-,43-,44-,45-,46-,47-,48-,49-,50-,51-,52-,53-,54-,55-,56-,57-/m0/s1. The molecule has 0 aromatic heterocycles. The monoisotopic (exact) mass is 1280 g/mol. The fourth-order valence-electron chi connectivity index (χ4n) is 19.1. The summed E-state index contributed by atoms with van der Waals surface area (Å²) in [6, 6.07) is -3.91. The molecule has 508 valence electrons. The Morgan fingerprint density at radius 2 is 0.315 bits per heavy atom. The molecule has 24 heteroatoms. The minimum absolute atomic E-state index is 0.129. The van der Waals surface area contributed by atoms with Gasteiger partial charge in [0.25, 0.3) is 0 Å². The van der Waals surface area contributed by atoms with E-state index in [1.807, 2.05) is 0 Å². The van der Waals surface area contributed by atoms with Crippen molar-refractivity contribution in [2.24, 2.45) is 70.8 Å². The summed E-state index contributed by atoms with van der Waals surface area (Å²) in [7, 11) is 0. The predicted molar refractivity (Wildman–Crippen MR) is 337 cm³/mol. The van der Waals surface area contributed by atoms with Crippen molar-refractivity contribution in [3.63, 3.8) is 0 Å². The van der Waals surface area contributed by atoms with Crippen LogP contribution in [0.5, 0.6) is 0 Å². The summed E-state index contributed by atoms with van der Waals surface area (Å²) >= 11 is 0. The van der Waals surface area contributed by atoms with Gasteiger partial charge in [-0.2, -0.15) is 0 Å². The molecule has 92 heavy (non-hydrogen) atoms. The highest BCUT2D eigenvalue weighted by molar-refractivity contribution is 5.90. The average Bonchev–Trinajstić information content (AvgIpc) is 1.82. The van der Waals surface area contributed by atoms with Gasteiger partial charge in [-0.15, -0.1) is 0 Å². The van der Waals surface area contributed by atoms with Crippen LogP contribution in [0.3, 0.4) is 0 Å². The van der Waals surface area contributed by atoms with Crippen molar-refractivity contribution in [1.29, 1.82) is 0 Å². The van der Waals surface area contributed by atoms with Crippen molar-refractivity contribution in [1.82, 2.24) is 58.5 Å². The molecule has 11 rings (SSSR count). The quantitative estimate of drug-likeness (QED) is 0.0745. The molecule has 12 amide bonds. The second-order valence-corrected chi connectivity index (χ2v) is 29.8. The Hall–Kier alpha value is -6.36. The number of primary amides is 1. The first-order chi connectivity index (χ1) is 44.4. The number of hydrogen-bond acceptors (Lipinski definition) is 12. The molecular weight excluding hydrogens is 1180 g/mol. The maximum atomic E-state index is 14.2. The first-order valence-electron chi connectivity index (χ1n) is 36.0. The van der Waals surface area contributed by atoms with Crippen LogP contribution in [0, 0.1) is 65.1 Å². The zero-order valence-electron chi connectivity index (χ0n) is 54.0. The molecule has 0 aromatic rings. The second kappa shape index (κ2) is 30.4. The van der Waals surface area contributed by atoms with Gasteiger partial charge in [0, 0.05) is 73.4 Å². The fourth-order valence-corrected chi connectivity index (χ4v) is 19.1. The smallest absolute Gasteiger partial charge is 0.225 e. The van der Waals surface area contributed by atoms with Gasteiger partial charge >= 0.3 is 0 Å². The van der Waals surface area contributed by atoms with E-state index in [2.05, 4.69) is 58.5 Å². The molecule has 22 atom stereocenters. The Bertz CT molecular complexity index is 2790. The number of hydrogen-bond donors (Lipinski definition) is 12. The zero-order valence-corrected chi connectivity index (χ0v) is 54.0. The van der Waals surface area contributed by atoms with Crippen LogP contribution < -0.4 is 64.2 Å².